The summed E-state index contributed by atoms with van der Waals surface area (Å²) in [5.74, 6) is 1.22. The van der Waals surface area contributed by atoms with E-state index in [0.29, 0.717) is 5.92 Å². The van der Waals surface area contributed by atoms with Crippen LogP contribution in [0.5, 0.6) is 0 Å². The fraction of sp³-hybridized carbons (Fsp3) is 0.875. The molecule has 0 spiro atoms. The van der Waals surface area contributed by atoms with Gasteiger partial charge in [-0.15, -0.1) is 0 Å². The summed E-state index contributed by atoms with van der Waals surface area (Å²) in [6.07, 6.45) is 4.22. The Morgan fingerprint density at radius 2 is 1.75 bits per heavy atom. The van der Waals surface area contributed by atoms with Gasteiger partial charge in [-0.2, -0.15) is 0 Å². The van der Waals surface area contributed by atoms with E-state index < -0.39 is 0 Å². The van der Waals surface area contributed by atoms with Crippen molar-refractivity contribution in [3.63, 3.8) is 0 Å². The highest BCUT2D eigenvalue weighted by Crippen LogP contribution is 2.33. The van der Waals surface area contributed by atoms with Gasteiger partial charge in [0.05, 0.1) is 0 Å². The van der Waals surface area contributed by atoms with Crippen LogP contribution in [0.2, 0.25) is 0 Å². The highest BCUT2D eigenvalue weighted by molar-refractivity contribution is 5.97. The standard InChI is InChI=1S/C16H28N2O2/c1-5-10(3)13-16(20)18(9-12-7-8-12)14(11(4)6-2)15(19)17-13/h10-14H,5-9H2,1-4H3,(H,17,19). The van der Waals surface area contributed by atoms with Crippen LogP contribution in [-0.4, -0.2) is 35.3 Å². The molecule has 2 aliphatic rings. The van der Waals surface area contributed by atoms with E-state index in [4.69, 9.17) is 0 Å². The van der Waals surface area contributed by atoms with Crippen LogP contribution in [-0.2, 0) is 9.59 Å². The third-order valence-corrected chi connectivity index (χ3v) is 5.00. The second-order valence-corrected chi connectivity index (χ2v) is 6.64. The number of amides is 2. The highest BCUT2D eigenvalue weighted by atomic mass is 16.2. The molecule has 4 unspecified atom stereocenters. The number of hydrogen-bond donors (Lipinski definition) is 1. The van der Waals surface area contributed by atoms with Gasteiger partial charge in [0.25, 0.3) is 0 Å². The number of carbonyl (C=O) groups excluding carboxylic acids is 2. The summed E-state index contributed by atoms with van der Waals surface area (Å²) >= 11 is 0. The maximum absolute atomic E-state index is 12.8. The molecule has 1 aliphatic heterocycles. The molecule has 0 aromatic rings. The summed E-state index contributed by atoms with van der Waals surface area (Å²) in [4.78, 5) is 27.1. The van der Waals surface area contributed by atoms with Crippen molar-refractivity contribution in [2.45, 2.75) is 65.5 Å². The number of piperazine rings is 1. The van der Waals surface area contributed by atoms with E-state index in [0.717, 1.165) is 19.4 Å². The normalized spacial score (nSPS) is 30.1. The summed E-state index contributed by atoms with van der Waals surface area (Å²) in [7, 11) is 0. The minimum absolute atomic E-state index is 0.0462. The average molecular weight is 280 g/mol. The van der Waals surface area contributed by atoms with Gasteiger partial charge in [-0.1, -0.05) is 40.5 Å². The van der Waals surface area contributed by atoms with E-state index in [2.05, 4.69) is 26.1 Å². The molecule has 1 aliphatic carbocycles. The summed E-state index contributed by atoms with van der Waals surface area (Å²) in [6, 6.07) is -0.597. The van der Waals surface area contributed by atoms with Crippen molar-refractivity contribution >= 4 is 11.8 Å². The predicted octanol–water partition coefficient (Wildman–Crippen LogP) is 2.18. The SMILES string of the molecule is CCC(C)C1NC(=O)C(C(C)CC)N(CC2CC2)C1=O. The Hall–Kier alpha value is -1.06. The summed E-state index contributed by atoms with van der Waals surface area (Å²) in [5, 5.41) is 2.98. The van der Waals surface area contributed by atoms with Crippen LogP contribution in [0.3, 0.4) is 0 Å². The van der Waals surface area contributed by atoms with Gasteiger partial charge in [0.15, 0.2) is 0 Å². The smallest absolute Gasteiger partial charge is 0.246 e. The van der Waals surface area contributed by atoms with Crippen LogP contribution in [0.15, 0.2) is 0 Å². The molecule has 1 saturated carbocycles. The Balaban J connectivity index is 2.20. The first-order valence-electron chi connectivity index (χ1n) is 8.10. The molecule has 2 fully saturated rings. The van der Waals surface area contributed by atoms with Crippen molar-refractivity contribution in [2.24, 2.45) is 17.8 Å². The molecule has 4 heteroatoms. The first-order chi connectivity index (χ1) is 9.49. The minimum atomic E-state index is -0.327. The maximum Gasteiger partial charge on any atom is 0.246 e. The number of nitrogens with one attached hydrogen (secondary N) is 1. The zero-order chi connectivity index (χ0) is 14.9. The topological polar surface area (TPSA) is 49.4 Å². The van der Waals surface area contributed by atoms with Gasteiger partial charge >= 0.3 is 0 Å². The Morgan fingerprint density at radius 3 is 2.25 bits per heavy atom. The molecule has 1 heterocycles. The predicted molar refractivity (Wildman–Crippen MR) is 79.1 cm³/mol. The van der Waals surface area contributed by atoms with E-state index in [-0.39, 0.29) is 35.7 Å². The lowest BCUT2D eigenvalue weighted by Crippen LogP contribution is -2.66. The molecule has 20 heavy (non-hydrogen) atoms. The molecular weight excluding hydrogens is 252 g/mol. The molecular formula is C16H28N2O2. The molecule has 0 bridgehead atoms. The third-order valence-electron chi connectivity index (χ3n) is 5.00. The zero-order valence-electron chi connectivity index (χ0n) is 13.2. The van der Waals surface area contributed by atoms with Crippen molar-refractivity contribution in [3.05, 3.63) is 0 Å². The second kappa shape index (κ2) is 6.15. The Labute approximate surface area is 122 Å². The van der Waals surface area contributed by atoms with Crippen molar-refractivity contribution < 1.29 is 9.59 Å². The first-order valence-corrected chi connectivity index (χ1v) is 8.10. The minimum Gasteiger partial charge on any atom is -0.342 e. The van der Waals surface area contributed by atoms with E-state index in [1.807, 2.05) is 11.8 Å². The highest BCUT2D eigenvalue weighted by Gasteiger charge is 2.45. The Kier molecular flexibility index (Phi) is 4.71. The Morgan fingerprint density at radius 1 is 1.15 bits per heavy atom. The average Bonchev–Trinajstić information content (AvgIpc) is 3.25. The van der Waals surface area contributed by atoms with Gasteiger partial charge in [-0.25, -0.2) is 0 Å². The molecule has 4 atom stereocenters. The van der Waals surface area contributed by atoms with Crippen LogP contribution in [0.4, 0.5) is 0 Å². The molecule has 1 N–H and O–H groups in total. The van der Waals surface area contributed by atoms with Crippen molar-refractivity contribution in [1.29, 1.82) is 0 Å². The van der Waals surface area contributed by atoms with E-state index in [1.165, 1.54) is 12.8 Å². The van der Waals surface area contributed by atoms with Crippen LogP contribution >= 0.6 is 0 Å². The van der Waals surface area contributed by atoms with Gasteiger partial charge < -0.3 is 10.2 Å². The van der Waals surface area contributed by atoms with Crippen molar-refractivity contribution in [3.8, 4) is 0 Å². The van der Waals surface area contributed by atoms with E-state index >= 15 is 0 Å². The summed E-state index contributed by atoms with van der Waals surface area (Å²) < 4.78 is 0. The molecule has 2 amide bonds. The molecule has 0 aromatic heterocycles. The molecule has 0 aromatic carbocycles. The number of rotatable bonds is 6. The molecule has 4 nitrogen and oxygen atoms in total. The molecule has 114 valence electrons. The lowest BCUT2D eigenvalue weighted by Gasteiger charge is -2.43. The lowest BCUT2D eigenvalue weighted by atomic mass is 9.89. The third kappa shape index (κ3) is 2.99. The molecule has 2 rings (SSSR count). The monoisotopic (exact) mass is 280 g/mol. The largest absolute Gasteiger partial charge is 0.342 e. The van der Waals surface area contributed by atoms with Gasteiger partial charge in [-0.05, 0) is 30.6 Å². The Bertz CT molecular complexity index is 379. The van der Waals surface area contributed by atoms with Crippen LogP contribution in [0.25, 0.3) is 0 Å². The molecule has 1 saturated heterocycles. The summed E-state index contributed by atoms with van der Waals surface area (Å²) in [6.45, 7) is 9.03. The van der Waals surface area contributed by atoms with Gasteiger partial charge in [0.2, 0.25) is 11.8 Å². The first kappa shape index (κ1) is 15.3. The van der Waals surface area contributed by atoms with Gasteiger partial charge in [0, 0.05) is 6.54 Å². The quantitative estimate of drug-likeness (QED) is 0.811. The number of nitrogens with zero attached hydrogens (tertiary/aromatic N) is 1. The van der Waals surface area contributed by atoms with E-state index in [1.54, 1.807) is 0 Å². The summed E-state index contributed by atoms with van der Waals surface area (Å²) in [5.41, 5.74) is 0. The maximum atomic E-state index is 12.8. The zero-order valence-corrected chi connectivity index (χ0v) is 13.2. The number of hydrogen-bond acceptors (Lipinski definition) is 2. The van der Waals surface area contributed by atoms with Crippen molar-refractivity contribution in [2.75, 3.05) is 6.54 Å². The van der Waals surface area contributed by atoms with Crippen LogP contribution < -0.4 is 5.32 Å². The van der Waals surface area contributed by atoms with Crippen molar-refractivity contribution in [1.82, 2.24) is 10.2 Å². The van der Waals surface area contributed by atoms with Gasteiger partial charge in [0.1, 0.15) is 12.1 Å². The lowest BCUT2D eigenvalue weighted by molar-refractivity contribution is -0.153. The van der Waals surface area contributed by atoms with E-state index in [9.17, 15) is 9.59 Å². The fourth-order valence-corrected chi connectivity index (χ4v) is 2.95. The van der Waals surface area contributed by atoms with Crippen LogP contribution in [0.1, 0.15) is 53.4 Å². The molecule has 0 radical (unpaired) electrons. The fourth-order valence-electron chi connectivity index (χ4n) is 2.95. The van der Waals surface area contributed by atoms with Gasteiger partial charge in [-0.3, -0.25) is 9.59 Å². The van der Waals surface area contributed by atoms with Crippen LogP contribution in [0, 0.1) is 17.8 Å². The number of carbonyl (C=O) groups is 2. The second-order valence-electron chi connectivity index (χ2n) is 6.64.